The lowest BCUT2D eigenvalue weighted by atomic mass is 10.0. The normalized spacial score (nSPS) is 12.0. The van der Waals surface area contributed by atoms with Crippen LogP contribution in [0.3, 0.4) is 0 Å². The third-order valence-corrected chi connectivity index (χ3v) is 3.09. The van der Waals surface area contributed by atoms with E-state index in [0.717, 1.165) is 18.1 Å². The van der Waals surface area contributed by atoms with Crippen LogP contribution in [0.15, 0.2) is 36.4 Å². The van der Waals surface area contributed by atoms with Crippen LogP contribution in [0.5, 0.6) is 0 Å². The molecule has 0 spiro atoms. The van der Waals surface area contributed by atoms with E-state index in [4.69, 9.17) is 0 Å². The monoisotopic (exact) mass is 277 g/mol. The molecule has 20 heavy (non-hydrogen) atoms. The van der Waals surface area contributed by atoms with E-state index in [-0.39, 0.29) is 17.7 Å². The van der Waals surface area contributed by atoms with Crippen LogP contribution in [-0.2, 0) is 0 Å². The number of nitrogens with zero attached hydrogens (tertiary/aromatic N) is 1. The van der Waals surface area contributed by atoms with Gasteiger partial charge in [-0.1, -0.05) is 37.3 Å². The second-order valence-electron chi connectivity index (χ2n) is 4.42. The Balaban J connectivity index is 2.28. The highest BCUT2D eigenvalue weighted by atomic mass is 19.1. The zero-order valence-electron chi connectivity index (χ0n) is 11.5. The van der Waals surface area contributed by atoms with Crippen LogP contribution in [0.1, 0.15) is 24.9 Å². The number of hydrogen-bond acceptors (Lipinski definition) is 3. The Labute approximate surface area is 117 Å². The van der Waals surface area contributed by atoms with Gasteiger partial charge in [-0.15, -0.1) is 0 Å². The third kappa shape index (κ3) is 3.04. The van der Waals surface area contributed by atoms with Crippen molar-refractivity contribution < 1.29 is 8.78 Å². The van der Waals surface area contributed by atoms with Crippen LogP contribution >= 0.6 is 0 Å². The smallest absolute Gasteiger partial charge is 0.168 e. The molecule has 1 unspecified atom stereocenters. The molecule has 2 N–H and O–H groups in total. The number of rotatable bonds is 5. The Bertz CT molecular complexity index is 573. The average Bonchev–Trinajstić information content (AvgIpc) is 2.47. The molecule has 106 valence electrons. The quantitative estimate of drug-likeness (QED) is 0.868. The number of anilines is 2. The molecule has 0 fully saturated rings. The van der Waals surface area contributed by atoms with Gasteiger partial charge in [0.05, 0.1) is 6.04 Å². The molecule has 0 amide bonds. The van der Waals surface area contributed by atoms with E-state index >= 15 is 0 Å². The summed E-state index contributed by atoms with van der Waals surface area (Å²) >= 11 is 0. The molecule has 0 aliphatic heterocycles. The predicted octanol–water partition coefficient (Wildman–Crippen LogP) is 3.96. The second kappa shape index (κ2) is 6.32. The van der Waals surface area contributed by atoms with Crippen molar-refractivity contribution in [3.05, 3.63) is 53.6 Å². The van der Waals surface area contributed by atoms with E-state index in [1.807, 2.05) is 37.3 Å². The molecular formula is C15H17F2N3. The minimum absolute atomic E-state index is 0.0248. The number of halogens is 2. The molecule has 0 radical (unpaired) electrons. The summed E-state index contributed by atoms with van der Waals surface area (Å²) in [5.41, 5.74) is 1.03. The maximum Gasteiger partial charge on any atom is 0.168 e. The molecule has 0 saturated carbocycles. The van der Waals surface area contributed by atoms with Crippen LogP contribution in [0, 0.1) is 11.6 Å². The van der Waals surface area contributed by atoms with E-state index < -0.39 is 11.6 Å². The largest absolute Gasteiger partial charge is 0.371 e. The van der Waals surface area contributed by atoms with Gasteiger partial charge in [-0.05, 0) is 12.0 Å². The molecule has 1 aromatic carbocycles. The van der Waals surface area contributed by atoms with Gasteiger partial charge in [0.25, 0.3) is 0 Å². The van der Waals surface area contributed by atoms with Crippen molar-refractivity contribution in [3.63, 3.8) is 0 Å². The third-order valence-electron chi connectivity index (χ3n) is 3.09. The Hall–Kier alpha value is -2.17. The summed E-state index contributed by atoms with van der Waals surface area (Å²) in [4.78, 5) is 3.93. The molecule has 1 atom stereocenters. The van der Waals surface area contributed by atoms with Crippen molar-refractivity contribution in [1.82, 2.24) is 4.98 Å². The number of nitrogens with one attached hydrogen (secondary N) is 2. The molecule has 3 nitrogen and oxygen atoms in total. The molecule has 0 aliphatic carbocycles. The van der Waals surface area contributed by atoms with Crippen LogP contribution in [-0.4, -0.2) is 12.0 Å². The second-order valence-corrected chi connectivity index (χ2v) is 4.42. The molecule has 0 aliphatic rings. The molecule has 0 bridgehead atoms. The van der Waals surface area contributed by atoms with Gasteiger partial charge in [-0.25, -0.2) is 13.8 Å². The summed E-state index contributed by atoms with van der Waals surface area (Å²) in [6.07, 6.45) is 0.761. The first kappa shape index (κ1) is 14.2. The Morgan fingerprint density at radius 2 is 1.75 bits per heavy atom. The van der Waals surface area contributed by atoms with E-state index in [1.165, 1.54) is 0 Å². The fourth-order valence-electron chi connectivity index (χ4n) is 2.01. The maximum atomic E-state index is 13.8. The van der Waals surface area contributed by atoms with Crippen molar-refractivity contribution in [3.8, 4) is 0 Å². The first-order chi connectivity index (χ1) is 9.65. The van der Waals surface area contributed by atoms with Gasteiger partial charge in [0.15, 0.2) is 23.3 Å². The van der Waals surface area contributed by atoms with Crippen LogP contribution < -0.4 is 10.6 Å². The standard InChI is InChI=1S/C15H17F2N3/c1-3-13(10-7-5-4-6-8-10)19-15-12(17)9-11(16)14(18-2)20-15/h4-9,13H,3H2,1-2H3,(H2,18,19,20). The van der Waals surface area contributed by atoms with E-state index in [2.05, 4.69) is 15.6 Å². The minimum atomic E-state index is -0.705. The lowest BCUT2D eigenvalue weighted by Gasteiger charge is -2.19. The van der Waals surface area contributed by atoms with Crippen LogP contribution in [0.2, 0.25) is 0 Å². The first-order valence-electron chi connectivity index (χ1n) is 6.51. The van der Waals surface area contributed by atoms with Gasteiger partial charge < -0.3 is 10.6 Å². The highest BCUT2D eigenvalue weighted by Gasteiger charge is 2.15. The molecule has 2 aromatic rings. The maximum absolute atomic E-state index is 13.8. The van der Waals surface area contributed by atoms with Crippen molar-refractivity contribution in [2.45, 2.75) is 19.4 Å². The zero-order chi connectivity index (χ0) is 14.5. The van der Waals surface area contributed by atoms with Gasteiger partial charge in [-0.2, -0.15) is 0 Å². The molecular weight excluding hydrogens is 260 g/mol. The fourth-order valence-corrected chi connectivity index (χ4v) is 2.01. The van der Waals surface area contributed by atoms with E-state index in [1.54, 1.807) is 7.05 Å². The summed E-state index contributed by atoms with van der Waals surface area (Å²) < 4.78 is 27.2. The van der Waals surface area contributed by atoms with Gasteiger partial charge in [0.1, 0.15) is 0 Å². The van der Waals surface area contributed by atoms with E-state index in [0.29, 0.717) is 0 Å². The van der Waals surface area contributed by atoms with Gasteiger partial charge in [0, 0.05) is 13.1 Å². The summed E-state index contributed by atoms with van der Waals surface area (Å²) in [5.74, 6) is -1.33. The Morgan fingerprint density at radius 3 is 2.35 bits per heavy atom. The van der Waals surface area contributed by atoms with Gasteiger partial charge in [-0.3, -0.25) is 0 Å². The lowest BCUT2D eigenvalue weighted by Crippen LogP contribution is -2.13. The Morgan fingerprint density at radius 1 is 1.10 bits per heavy atom. The zero-order valence-corrected chi connectivity index (χ0v) is 11.5. The number of aromatic nitrogens is 1. The number of pyridine rings is 1. The first-order valence-corrected chi connectivity index (χ1v) is 6.51. The highest BCUT2D eigenvalue weighted by molar-refractivity contribution is 5.48. The minimum Gasteiger partial charge on any atom is -0.371 e. The molecule has 1 heterocycles. The number of benzene rings is 1. The van der Waals surface area contributed by atoms with E-state index in [9.17, 15) is 8.78 Å². The fraction of sp³-hybridized carbons (Fsp3) is 0.267. The topological polar surface area (TPSA) is 37.0 Å². The average molecular weight is 277 g/mol. The summed E-state index contributed by atoms with van der Waals surface area (Å²) in [5, 5.41) is 5.62. The number of hydrogen-bond donors (Lipinski definition) is 2. The van der Waals surface area contributed by atoms with Gasteiger partial charge >= 0.3 is 0 Å². The molecule has 0 saturated heterocycles. The van der Waals surface area contributed by atoms with Crippen molar-refractivity contribution in [2.24, 2.45) is 0 Å². The predicted molar refractivity (Wildman–Crippen MR) is 76.8 cm³/mol. The summed E-state index contributed by atoms with van der Waals surface area (Å²) in [6.45, 7) is 1.99. The lowest BCUT2D eigenvalue weighted by molar-refractivity contribution is 0.575. The van der Waals surface area contributed by atoms with Crippen LogP contribution in [0.25, 0.3) is 0 Å². The highest BCUT2D eigenvalue weighted by Crippen LogP contribution is 2.25. The van der Waals surface area contributed by atoms with Gasteiger partial charge in [0.2, 0.25) is 0 Å². The van der Waals surface area contributed by atoms with Crippen LogP contribution in [0.4, 0.5) is 20.4 Å². The summed E-state index contributed by atoms with van der Waals surface area (Å²) in [6, 6.07) is 10.4. The SMILES string of the molecule is CCC(Nc1nc(NC)c(F)cc1F)c1ccccc1. The molecule has 5 heteroatoms. The molecule has 2 rings (SSSR count). The summed E-state index contributed by atoms with van der Waals surface area (Å²) in [7, 11) is 1.54. The van der Waals surface area contributed by atoms with Crippen molar-refractivity contribution in [1.29, 1.82) is 0 Å². The molecule has 1 aromatic heterocycles. The van der Waals surface area contributed by atoms with Crippen molar-refractivity contribution in [2.75, 3.05) is 17.7 Å². The van der Waals surface area contributed by atoms with Crippen molar-refractivity contribution >= 4 is 11.6 Å². The Kier molecular flexibility index (Phi) is 4.50.